The predicted octanol–water partition coefficient (Wildman–Crippen LogP) is 1.55. The third kappa shape index (κ3) is 2.13. The van der Waals surface area contributed by atoms with Gasteiger partial charge in [-0.1, -0.05) is 23.7 Å². The van der Waals surface area contributed by atoms with Gasteiger partial charge in [0.2, 0.25) is 0 Å². The first-order valence-corrected chi connectivity index (χ1v) is 5.13. The second kappa shape index (κ2) is 4.47. The molecular formula is C11H10ClN3O. The first-order valence-electron chi connectivity index (χ1n) is 4.76. The molecule has 1 aromatic carbocycles. The van der Waals surface area contributed by atoms with E-state index >= 15 is 0 Å². The number of hydrogen-bond donors (Lipinski definition) is 2. The fourth-order valence-electron chi connectivity index (χ4n) is 1.39. The van der Waals surface area contributed by atoms with Gasteiger partial charge in [0, 0.05) is 18.2 Å². The zero-order valence-electron chi connectivity index (χ0n) is 8.40. The highest BCUT2D eigenvalue weighted by molar-refractivity contribution is 6.33. The second-order valence-electron chi connectivity index (χ2n) is 3.27. The molecule has 0 unspecified atom stereocenters. The van der Waals surface area contributed by atoms with Gasteiger partial charge in [0.25, 0.3) is 5.56 Å². The summed E-state index contributed by atoms with van der Waals surface area (Å²) in [5.74, 6) is 0.443. The number of aromatic amines is 1. The maximum absolute atomic E-state index is 11.4. The number of H-pyrrole nitrogens is 1. The van der Waals surface area contributed by atoms with Crippen LogP contribution in [0.1, 0.15) is 5.69 Å². The maximum atomic E-state index is 11.4. The maximum Gasteiger partial charge on any atom is 0.251 e. The van der Waals surface area contributed by atoms with E-state index in [1.807, 2.05) is 12.1 Å². The molecule has 0 aliphatic rings. The summed E-state index contributed by atoms with van der Waals surface area (Å²) in [6.07, 6.45) is 0. The van der Waals surface area contributed by atoms with Crippen molar-refractivity contribution in [2.24, 2.45) is 5.73 Å². The minimum absolute atomic E-state index is 0.224. The van der Waals surface area contributed by atoms with Crippen LogP contribution in [-0.2, 0) is 6.54 Å². The van der Waals surface area contributed by atoms with E-state index in [0.717, 1.165) is 0 Å². The van der Waals surface area contributed by atoms with E-state index < -0.39 is 0 Å². The Bertz CT molecular complexity index is 565. The smallest absolute Gasteiger partial charge is 0.251 e. The molecule has 0 bridgehead atoms. The molecule has 3 N–H and O–H groups in total. The van der Waals surface area contributed by atoms with Gasteiger partial charge in [-0.25, -0.2) is 4.98 Å². The molecule has 0 saturated heterocycles. The van der Waals surface area contributed by atoms with E-state index in [2.05, 4.69) is 9.97 Å². The van der Waals surface area contributed by atoms with Crippen molar-refractivity contribution < 1.29 is 0 Å². The van der Waals surface area contributed by atoms with E-state index in [1.54, 1.807) is 12.1 Å². The lowest BCUT2D eigenvalue weighted by Gasteiger charge is -2.04. The Hall–Kier alpha value is -1.65. The number of hydrogen-bond acceptors (Lipinski definition) is 3. The molecule has 2 aromatic rings. The van der Waals surface area contributed by atoms with Crippen LogP contribution >= 0.6 is 11.6 Å². The zero-order chi connectivity index (χ0) is 11.5. The van der Waals surface area contributed by atoms with Crippen molar-refractivity contribution in [3.63, 3.8) is 0 Å². The van der Waals surface area contributed by atoms with Gasteiger partial charge in [-0.3, -0.25) is 4.79 Å². The summed E-state index contributed by atoms with van der Waals surface area (Å²) in [7, 11) is 0. The number of rotatable bonds is 2. The molecule has 4 nitrogen and oxygen atoms in total. The van der Waals surface area contributed by atoms with Gasteiger partial charge in [-0.15, -0.1) is 0 Å². The zero-order valence-corrected chi connectivity index (χ0v) is 9.16. The topological polar surface area (TPSA) is 71.8 Å². The molecule has 0 radical (unpaired) electrons. The van der Waals surface area contributed by atoms with Crippen molar-refractivity contribution in [2.75, 3.05) is 0 Å². The lowest BCUT2D eigenvalue weighted by molar-refractivity contribution is 0.956. The number of nitrogens with two attached hydrogens (primary N) is 1. The second-order valence-corrected chi connectivity index (χ2v) is 3.68. The Kier molecular flexibility index (Phi) is 3.03. The molecule has 82 valence electrons. The third-order valence-electron chi connectivity index (χ3n) is 2.13. The molecule has 1 heterocycles. The Labute approximate surface area is 97.1 Å². The number of nitrogens with one attached hydrogen (secondary N) is 1. The van der Waals surface area contributed by atoms with Crippen LogP contribution < -0.4 is 11.3 Å². The van der Waals surface area contributed by atoms with Crippen molar-refractivity contribution >= 4 is 11.6 Å². The fourth-order valence-corrected chi connectivity index (χ4v) is 1.62. The van der Waals surface area contributed by atoms with Crippen LogP contribution in [0.4, 0.5) is 0 Å². The summed E-state index contributed by atoms with van der Waals surface area (Å²) in [6.45, 7) is 0.224. The molecule has 0 atom stereocenters. The van der Waals surface area contributed by atoms with Crippen LogP contribution in [0, 0.1) is 0 Å². The van der Waals surface area contributed by atoms with Gasteiger partial charge in [-0.05, 0) is 12.1 Å². The summed E-state index contributed by atoms with van der Waals surface area (Å²) in [4.78, 5) is 18.2. The average molecular weight is 236 g/mol. The van der Waals surface area contributed by atoms with E-state index in [-0.39, 0.29) is 12.1 Å². The molecule has 0 aliphatic carbocycles. The molecular weight excluding hydrogens is 226 g/mol. The van der Waals surface area contributed by atoms with Gasteiger partial charge in [0.05, 0.1) is 10.7 Å². The van der Waals surface area contributed by atoms with Crippen molar-refractivity contribution in [1.29, 1.82) is 0 Å². The van der Waals surface area contributed by atoms with Gasteiger partial charge < -0.3 is 10.7 Å². The molecule has 2 rings (SSSR count). The van der Waals surface area contributed by atoms with Crippen molar-refractivity contribution in [1.82, 2.24) is 9.97 Å². The normalized spacial score (nSPS) is 10.4. The summed E-state index contributed by atoms with van der Waals surface area (Å²) in [5.41, 5.74) is 6.46. The number of aromatic nitrogens is 2. The van der Waals surface area contributed by atoms with E-state index in [0.29, 0.717) is 22.1 Å². The molecule has 0 fully saturated rings. The Morgan fingerprint density at radius 2 is 2.12 bits per heavy atom. The molecule has 5 heteroatoms. The van der Waals surface area contributed by atoms with E-state index in [9.17, 15) is 4.79 Å². The largest absolute Gasteiger partial charge is 0.325 e. The Balaban J connectivity index is 2.60. The fraction of sp³-hybridized carbons (Fsp3) is 0.0909. The highest BCUT2D eigenvalue weighted by Gasteiger charge is 2.06. The van der Waals surface area contributed by atoms with Crippen LogP contribution in [0.3, 0.4) is 0 Å². The SMILES string of the molecule is NCc1cc(=O)[nH]c(-c2ccccc2Cl)n1. The molecule has 0 spiro atoms. The van der Waals surface area contributed by atoms with E-state index in [1.165, 1.54) is 6.07 Å². The van der Waals surface area contributed by atoms with Gasteiger partial charge in [-0.2, -0.15) is 0 Å². The van der Waals surface area contributed by atoms with Gasteiger partial charge in [0.1, 0.15) is 5.82 Å². The summed E-state index contributed by atoms with van der Waals surface area (Å²) in [5, 5.41) is 0.542. The van der Waals surface area contributed by atoms with Crippen LogP contribution in [0.15, 0.2) is 35.1 Å². The van der Waals surface area contributed by atoms with Crippen LogP contribution in [0.5, 0.6) is 0 Å². The lowest BCUT2D eigenvalue weighted by atomic mass is 10.2. The summed E-state index contributed by atoms with van der Waals surface area (Å²) < 4.78 is 0. The molecule has 0 saturated carbocycles. The van der Waals surface area contributed by atoms with E-state index in [4.69, 9.17) is 17.3 Å². The summed E-state index contributed by atoms with van der Waals surface area (Å²) >= 11 is 6.01. The van der Waals surface area contributed by atoms with Gasteiger partial charge >= 0.3 is 0 Å². The number of halogens is 1. The molecule has 0 aliphatic heterocycles. The number of benzene rings is 1. The highest BCUT2D eigenvalue weighted by Crippen LogP contribution is 2.23. The van der Waals surface area contributed by atoms with Crippen molar-refractivity contribution in [3.05, 3.63) is 51.4 Å². The summed E-state index contributed by atoms with van der Waals surface area (Å²) in [6, 6.07) is 8.56. The standard InChI is InChI=1S/C11H10ClN3O/c12-9-4-2-1-3-8(9)11-14-7(6-13)5-10(16)15-11/h1-5H,6,13H2,(H,14,15,16). The predicted molar refractivity (Wildman–Crippen MR) is 63.2 cm³/mol. The van der Waals surface area contributed by atoms with Crippen LogP contribution in [-0.4, -0.2) is 9.97 Å². The molecule has 1 aromatic heterocycles. The first-order chi connectivity index (χ1) is 7.70. The lowest BCUT2D eigenvalue weighted by Crippen LogP contribution is -2.12. The molecule has 0 amide bonds. The Morgan fingerprint density at radius 1 is 1.38 bits per heavy atom. The third-order valence-corrected chi connectivity index (χ3v) is 2.46. The average Bonchev–Trinajstić information content (AvgIpc) is 2.28. The number of nitrogens with zero attached hydrogens (tertiary/aromatic N) is 1. The van der Waals surface area contributed by atoms with Crippen LogP contribution in [0.2, 0.25) is 5.02 Å². The van der Waals surface area contributed by atoms with Crippen molar-refractivity contribution in [3.8, 4) is 11.4 Å². The minimum Gasteiger partial charge on any atom is -0.325 e. The molecule has 16 heavy (non-hydrogen) atoms. The quantitative estimate of drug-likeness (QED) is 0.830. The Morgan fingerprint density at radius 3 is 2.81 bits per heavy atom. The first kappa shape index (κ1) is 10.9. The minimum atomic E-state index is -0.231. The van der Waals surface area contributed by atoms with Crippen LogP contribution in [0.25, 0.3) is 11.4 Å². The van der Waals surface area contributed by atoms with Crippen molar-refractivity contribution in [2.45, 2.75) is 6.54 Å². The highest BCUT2D eigenvalue weighted by atomic mass is 35.5. The van der Waals surface area contributed by atoms with Gasteiger partial charge in [0.15, 0.2) is 0 Å². The monoisotopic (exact) mass is 235 g/mol.